The predicted octanol–water partition coefficient (Wildman–Crippen LogP) is 2.64. The fourth-order valence-corrected chi connectivity index (χ4v) is 1.30. The molecule has 0 aliphatic carbocycles. The van der Waals surface area contributed by atoms with Crippen LogP contribution < -0.4 is 0 Å². The quantitative estimate of drug-likeness (QED) is 0.619. The second kappa shape index (κ2) is 2.40. The third-order valence-corrected chi connectivity index (χ3v) is 2.29. The Morgan fingerprint density at radius 3 is 3.00 bits per heavy atom. The second-order valence-corrected chi connectivity index (χ2v) is 2.95. The zero-order valence-electron chi connectivity index (χ0n) is 5.46. The van der Waals surface area contributed by atoms with E-state index in [-0.39, 0.29) is 0 Å². The van der Waals surface area contributed by atoms with E-state index < -0.39 is 0 Å². The first-order valence-corrected chi connectivity index (χ1v) is 3.80. The SMILES string of the molecule is Clc1ccn2cncc2c1Cl. The van der Waals surface area contributed by atoms with Gasteiger partial charge in [0.25, 0.3) is 0 Å². The molecule has 0 spiro atoms. The minimum atomic E-state index is 0.548. The van der Waals surface area contributed by atoms with Crippen LogP contribution in [0.4, 0.5) is 0 Å². The monoisotopic (exact) mass is 186 g/mol. The molecule has 2 rings (SSSR count). The standard InChI is InChI=1S/C7H4Cl2N2/c8-5-1-2-11-4-10-3-6(11)7(5)9/h1-4H. The highest BCUT2D eigenvalue weighted by Gasteiger charge is 2.02. The summed E-state index contributed by atoms with van der Waals surface area (Å²) in [5, 5.41) is 1.10. The summed E-state index contributed by atoms with van der Waals surface area (Å²) < 4.78 is 1.81. The summed E-state index contributed by atoms with van der Waals surface area (Å²) in [6, 6.07) is 1.73. The maximum Gasteiger partial charge on any atom is 0.0992 e. The summed E-state index contributed by atoms with van der Waals surface area (Å²) in [6.45, 7) is 0. The van der Waals surface area contributed by atoms with Gasteiger partial charge in [-0.1, -0.05) is 23.2 Å². The van der Waals surface area contributed by atoms with Crippen molar-refractivity contribution >= 4 is 28.7 Å². The summed E-state index contributed by atoms with van der Waals surface area (Å²) in [4.78, 5) is 3.92. The van der Waals surface area contributed by atoms with Crippen molar-refractivity contribution in [2.24, 2.45) is 0 Å². The van der Waals surface area contributed by atoms with Crippen LogP contribution in [0.5, 0.6) is 0 Å². The molecule has 2 aromatic rings. The number of imidazole rings is 1. The molecule has 0 atom stereocenters. The Morgan fingerprint density at radius 1 is 1.36 bits per heavy atom. The molecule has 2 aromatic heterocycles. The number of aromatic nitrogens is 2. The van der Waals surface area contributed by atoms with E-state index in [9.17, 15) is 0 Å². The first-order chi connectivity index (χ1) is 5.29. The first kappa shape index (κ1) is 6.95. The van der Waals surface area contributed by atoms with Crippen LogP contribution in [0.15, 0.2) is 24.8 Å². The van der Waals surface area contributed by atoms with Crippen LogP contribution in [-0.4, -0.2) is 9.38 Å². The van der Waals surface area contributed by atoms with Gasteiger partial charge in [0.05, 0.1) is 28.1 Å². The van der Waals surface area contributed by atoms with E-state index in [0.717, 1.165) is 5.52 Å². The Morgan fingerprint density at radius 2 is 2.18 bits per heavy atom. The number of pyridine rings is 1. The van der Waals surface area contributed by atoms with E-state index in [0.29, 0.717) is 10.0 Å². The largest absolute Gasteiger partial charge is 0.305 e. The molecule has 4 heteroatoms. The zero-order valence-corrected chi connectivity index (χ0v) is 6.97. The Labute approximate surface area is 73.4 Å². The molecule has 0 N–H and O–H groups in total. The van der Waals surface area contributed by atoms with E-state index in [2.05, 4.69) is 4.98 Å². The molecule has 0 fully saturated rings. The molecular formula is C7H4Cl2N2. The van der Waals surface area contributed by atoms with Crippen molar-refractivity contribution in [2.75, 3.05) is 0 Å². The van der Waals surface area contributed by atoms with Crippen LogP contribution in [-0.2, 0) is 0 Å². The predicted molar refractivity (Wildman–Crippen MR) is 45.2 cm³/mol. The molecule has 0 amide bonds. The summed E-state index contributed by atoms with van der Waals surface area (Å²) in [7, 11) is 0. The fraction of sp³-hybridized carbons (Fsp3) is 0. The van der Waals surface area contributed by atoms with E-state index in [1.54, 1.807) is 18.6 Å². The highest BCUT2D eigenvalue weighted by Crippen LogP contribution is 2.25. The Bertz CT molecular complexity index is 394. The van der Waals surface area contributed by atoms with Gasteiger partial charge in [0.15, 0.2) is 0 Å². The normalized spacial score (nSPS) is 10.7. The highest BCUT2D eigenvalue weighted by atomic mass is 35.5. The fourth-order valence-electron chi connectivity index (χ4n) is 0.935. The molecule has 0 radical (unpaired) electrons. The molecule has 0 saturated heterocycles. The lowest BCUT2D eigenvalue weighted by molar-refractivity contribution is 1.15. The third-order valence-electron chi connectivity index (χ3n) is 1.48. The lowest BCUT2D eigenvalue weighted by Crippen LogP contribution is -1.81. The third kappa shape index (κ3) is 0.988. The van der Waals surface area contributed by atoms with Gasteiger partial charge in [0.1, 0.15) is 0 Å². The van der Waals surface area contributed by atoms with Gasteiger partial charge in [-0.05, 0) is 6.07 Å². The average molecular weight is 187 g/mol. The number of fused-ring (bicyclic) bond motifs is 1. The summed E-state index contributed by atoms with van der Waals surface area (Å²) >= 11 is 11.6. The van der Waals surface area contributed by atoms with Gasteiger partial charge in [0, 0.05) is 6.20 Å². The smallest absolute Gasteiger partial charge is 0.0992 e. The van der Waals surface area contributed by atoms with Crippen LogP contribution in [0.2, 0.25) is 10.0 Å². The van der Waals surface area contributed by atoms with Crippen molar-refractivity contribution in [1.82, 2.24) is 9.38 Å². The maximum atomic E-state index is 5.87. The van der Waals surface area contributed by atoms with Gasteiger partial charge in [-0.3, -0.25) is 0 Å². The number of nitrogens with zero attached hydrogens (tertiary/aromatic N) is 2. The number of halogens is 2. The molecule has 0 aliphatic heterocycles. The van der Waals surface area contributed by atoms with Gasteiger partial charge >= 0.3 is 0 Å². The molecule has 0 aliphatic rings. The molecule has 2 heterocycles. The van der Waals surface area contributed by atoms with E-state index in [1.165, 1.54) is 0 Å². The molecule has 2 nitrogen and oxygen atoms in total. The number of hydrogen-bond donors (Lipinski definition) is 0. The Kier molecular flexibility index (Phi) is 1.51. The summed E-state index contributed by atoms with van der Waals surface area (Å²) in [5.41, 5.74) is 0.833. The van der Waals surface area contributed by atoms with Crippen LogP contribution in [0, 0.1) is 0 Å². The topological polar surface area (TPSA) is 17.3 Å². The van der Waals surface area contributed by atoms with Crippen molar-refractivity contribution in [3.63, 3.8) is 0 Å². The molecule has 0 aromatic carbocycles. The van der Waals surface area contributed by atoms with Gasteiger partial charge in [0.2, 0.25) is 0 Å². The van der Waals surface area contributed by atoms with Gasteiger partial charge < -0.3 is 4.40 Å². The highest BCUT2D eigenvalue weighted by molar-refractivity contribution is 6.44. The van der Waals surface area contributed by atoms with Gasteiger partial charge in [-0.15, -0.1) is 0 Å². The van der Waals surface area contributed by atoms with E-state index >= 15 is 0 Å². The molecule has 0 saturated carbocycles. The van der Waals surface area contributed by atoms with Crippen molar-refractivity contribution in [1.29, 1.82) is 0 Å². The minimum Gasteiger partial charge on any atom is -0.305 e. The number of hydrogen-bond acceptors (Lipinski definition) is 1. The zero-order chi connectivity index (χ0) is 7.84. The van der Waals surface area contributed by atoms with Crippen molar-refractivity contribution < 1.29 is 0 Å². The van der Waals surface area contributed by atoms with Crippen molar-refractivity contribution in [3.8, 4) is 0 Å². The van der Waals surface area contributed by atoms with Crippen molar-refractivity contribution in [3.05, 3.63) is 34.8 Å². The van der Waals surface area contributed by atoms with E-state index in [1.807, 2.05) is 10.6 Å². The lowest BCUT2D eigenvalue weighted by atomic mass is 10.4. The maximum absolute atomic E-state index is 5.87. The summed E-state index contributed by atoms with van der Waals surface area (Å²) in [6.07, 6.45) is 5.17. The first-order valence-electron chi connectivity index (χ1n) is 3.05. The summed E-state index contributed by atoms with van der Waals surface area (Å²) in [5.74, 6) is 0. The van der Waals surface area contributed by atoms with Gasteiger partial charge in [-0.25, -0.2) is 4.98 Å². The van der Waals surface area contributed by atoms with Gasteiger partial charge in [-0.2, -0.15) is 0 Å². The Hall–Kier alpha value is -0.730. The van der Waals surface area contributed by atoms with Crippen LogP contribution in [0.1, 0.15) is 0 Å². The molecular weight excluding hydrogens is 183 g/mol. The van der Waals surface area contributed by atoms with Crippen LogP contribution in [0.3, 0.4) is 0 Å². The minimum absolute atomic E-state index is 0.548. The van der Waals surface area contributed by atoms with Crippen LogP contribution >= 0.6 is 23.2 Å². The van der Waals surface area contributed by atoms with Crippen molar-refractivity contribution in [2.45, 2.75) is 0 Å². The van der Waals surface area contributed by atoms with E-state index in [4.69, 9.17) is 23.2 Å². The second-order valence-electron chi connectivity index (χ2n) is 2.16. The lowest BCUT2D eigenvalue weighted by Gasteiger charge is -1.96. The molecule has 56 valence electrons. The van der Waals surface area contributed by atoms with Crippen LogP contribution in [0.25, 0.3) is 5.52 Å². The molecule has 0 bridgehead atoms. The average Bonchev–Trinajstić information content (AvgIpc) is 2.45. The Balaban J connectivity index is 2.93. The number of rotatable bonds is 0. The molecule has 0 unspecified atom stereocenters. The molecule has 11 heavy (non-hydrogen) atoms.